The van der Waals surface area contributed by atoms with Crippen molar-refractivity contribution in [3.8, 4) is 0 Å². The van der Waals surface area contributed by atoms with Crippen LogP contribution in [0.1, 0.15) is 27.0 Å². The average Bonchev–Trinajstić information content (AvgIpc) is 2.59. The van der Waals surface area contributed by atoms with Crippen molar-refractivity contribution in [3.63, 3.8) is 0 Å². The zero-order valence-corrected chi connectivity index (χ0v) is 14.0. The van der Waals surface area contributed by atoms with Crippen LogP contribution in [0.25, 0.3) is 0 Å². The summed E-state index contributed by atoms with van der Waals surface area (Å²) in [6, 6.07) is 12.2. The summed E-state index contributed by atoms with van der Waals surface area (Å²) in [7, 11) is 0. The lowest BCUT2D eigenvalue weighted by molar-refractivity contribution is 0.0696. The predicted octanol–water partition coefficient (Wildman–Crippen LogP) is 3.23. The van der Waals surface area contributed by atoms with Crippen molar-refractivity contribution in [2.75, 3.05) is 0 Å². The highest BCUT2D eigenvalue weighted by Gasteiger charge is 2.07. The molecule has 0 spiro atoms. The summed E-state index contributed by atoms with van der Waals surface area (Å²) in [6.45, 7) is 0.398. The van der Waals surface area contributed by atoms with Gasteiger partial charge in [0.15, 0.2) is 0 Å². The molecule has 0 radical (unpaired) electrons. The van der Waals surface area contributed by atoms with E-state index in [-0.39, 0.29) is 11.1 Å². The molecule has 0 fully saturated rings. The Labute approximate surface area is 149 Å². The standard InChI is InChI=1S/C19H15ClN2O3/c20-17-9-13(7-14-8-16(19(24)25)11-21-10-14)4-5-15(17)12-22-6-2-1-3-18(22)23/h1-6,8-11H,7,12H2,(H,24,25). The van der Waals surface area contributed by atoms with Gasteiger partial charge in [0.1, 0.15) is 0 Å². The Hall–Kier alpha value is -2.92. The molecule has 0 amide bonds. The predicted molar refractivity (Wildman–Crippen MR) is 95.3 cm³/mol. The van der Waals surface area contributed by atoms with E-state index < -0.39 is 5.97 Å². The second-order valence-electron chi connectivity index (χ2n) is 5.66. The van der Waals surface area contributed by atoms with Gasteiger partial charge >= 0.3 is 5.97 Å². The Morgan fingerprint density at radius 2 is 1.96 bits per heavy atom. The van der Waals surface area contributed by atoms with E-state index in [0.717, 1.165) is 16.7 Å². The van der Waals surface area contributed by atoms with Crippen LogP contribution in [0.4, 0.5) is 0 Å². The molecule has 0 saturated carbocycles. The zero-order valence-electron chi connectivity index (χ0n) is 13.2. The molecule has 0 atom stereocenters. The lowest BCUT2D eigenvalue weighted by atomic mass is 10.0. The van der Waals surface area contributed by atoms with E-state index in [0.29, 0.717) is 18.0 Å². The molecule has 1 N–H and O–H groups in total. The number of aromatic carboxylic acids is 1. The summed E-state index contributed by atoms with van der Waals surface area (Å²) < 4.78 is 1.58. The van der Waals surface area contributed by atoms with E-state index in [1.54, 1.807) is 35.2 Å². The molecule has 25 heavy (non-hydrogen) atoms. The number of rotatable bonds is 5. The minimum Gasteiger partial charge on any atom is -0.478 e. The number of carbonyl (C=O) groups is 1. The van der Waals surface area contributed by atoms with Crippen LogP contribution in [0.2, 0.25) is 5.02 Å². The molecule has 126 valence electrons. The van der Waals surface area contributed by atoms with Crippen LogP contribution in [0, 0.1) is 0 Å². The van der Waals surface area contributed by atoms with E-state index >= 15 is 0 Å². The summed E-state index contributed by atoms with van der Waals surface area (Å²) in [5.41, 5.74) is 2.65. The highest BCUT2D eigenvalue weighted by molar-refractivity contribution is 6.31. The van der Waals surface area contributed by atoms with Crippen LogP contribution in [0.3, 0.4) is 0 Å². The number of carboxylic acids is 1. The largest absolute Gasteiger partial charge is 0.478 e. The molecule has 0 saturated heterocycles. The summed E-state index contributed by atoms with van der Waals surface area (Å²) in [4.78, 5) is 26.8. The first-order chi connectivity index (χ1) is 12.0. The molecule has 2 heterocycles. The highest BCUT2D eigenvalue weighted by atomic mass is 35.5. The third-order valence-corrected chi connectivity index (χ3v) is 4.16. The Kier molecular flexibility index (Phi) is 4.95. The van der Waals surface area contributed by atoms with Crippen LogP contribution in [0.15, 0.2) is 65.8 Å². The summed E-state index contributed by atoms with van der Waals surface area (Å²) in [5, 5.41) is 9.59. The van der Waals surface area contributed by atoms with Gasteiger partial charge in [-0.05, 0) is 41.3 Å². The van der Waals surface area contributed by atoms with Gasteiger partial charge in [-0.3, -0.25) is 9.78 Å². The number of carboxylic acid groups (broad SMARTS) is 1. The molecule has 6 heteroatoms. The van der Waals surface area contributed by atoms with Gasteiger partial charge in [-0.15, -0.1) is 0 Å². The van der Waals surface area contributed by atoms with Gasteiger partial charge in [0, 0.05) is 29.7 Å². The third kappa shape index (κ3) is 4.14. The van der Waals surface area contributed by atoms with E-state index in [2.05, 4.69) is 4.98 Å². The second-order valence-corrected chi connectivity index (χ2v) is 6.06. The molecule has 3 aromatic rings. The smallest absolute Gasteiger partial charge is 0.337 e. The number of hydrogen-bond donors (Lipinski definition) is 1. The first-order valence-electron chi connectivity index (χ1n) is 7.63. The molecular formula is C19H15ClN2O3. The van der Waals surface area contributed by atoms with Crippen LogP contribution < -0.4 is 5.56 Å². The molecule has 0 aliphatic rings. The highest BCUT2D eigenvalue weighted by Crippen LogP contribution is 2.21. The second kappa shape index (κ2) is 7.32. The van der Waals surface area contributed by atoms with Crippen molar-refractivity contribution in [1.29, 1.82) is 0 Å². The average molecular weight is 355 g/mol. The van der Waals surface area contributed by atoms with Crippen LogP contribution in [0.5, 0.6) is 0 Å². The van der Waals surface area contributed by atoms with E-state index in [9.17, 15) is 9.59 Å². The third-order valence-electron chi connectivity index (χ3n) is 3.81. The SMILES string of the molecule is O=C(O)c1cncc(Cc2ccc(Cn3ccccc3=O)c(Cl)c2)c1. The van der Waals surface area contributed by atoms with Gasteiger partial charge in [0.2, 0.25) is 0 Å². The Morgan fingerprint density at radius 1 is 1.12 bits per heavy atom. The normalized spacial score (nSPS) is 10.6. The lowest BCUT2D eigenvalue weighted by Gasteiger charge is -2.09. The summed E-state index contributed by atoms with van der Waals surface area (Å²) in [5.74, 6) is -1.00. The van der Waals surface area contributed by atoms with Crippen molar-refractivity contribution in [2.45, 2.75) is 13.0 Å². The molecule has 0 bridgehead atoms. The Bertz CT molecular complexity index is 982. The van der Waals surface area contributed by atoms with Crippen molar-refractivity contribution < 1.29 is 9.90 Å². The molecule has 1 aromatic carbocycles. The fraction of sp³-hybridized carbons (Fsp3) is 0.105. The molecule has 0 aliphatic carbocycles. The van der Waals surface area contributed by atoms with Crippen molar-refractivity contribution in [1.82, 2.24) is 9.55 Å². The first kappa shape index (κ1) is 16.9. The Morgan fingerprint density at radius 3 is 2.68 bits per heavy atom. The quantitative estimate of drug-likeness (QED) is 0.763. The van der Waals surface area contributed by atoms with Gasteiger partial charge in [0.25, 0.3) is 5.56 Å². The molecule has 0 aliphatic heterocycles. The maximum atomic E-state index is 11.8. The van der Waals surface area contributed by atoms with Crippen molar-refractivity contribution in [2.24, 2.45) is 0 Å². The summed E-state index contributed by atoms with van der Waals surface area (Å²) in [6.07, 6.45) is 5.20. The minimum absolute atomic E-state index is 0.0841. The molecule has 2 aromatic heterocycles. The van der Waals surface area contributed by atoms with Crippen LogP contribution >= 0.6 is 11.6 Å². The van der Waals surface area contributed by atoms with Crippen molar-refractivity contribution in [3.05, 3.63) is 98.7 Å². The first-order valence-corrected chi connectivity index (χ1v) is 8.01. The fourth-order valence-corrected chi connectivity index (χ4v) is 2.80. The monoisotopic (exact) mass is 354 g/mol. The van der Waals surface area contributed by atoms with Crippen LogP contribution in [-0.4, -0.2) is 20.6 Å². The van der Waals surface area contributed by atoms with Gasteiger partial charge in [-0.1, -0.05) is 29.8 Å². The zero-order chi connectivity index (χ0) is 17.8. The van der Waals surface area contributed by atoms with Gasteiger partial charge in [-0.2, -0.15) is 0 Å². The molecular weight excluding hydrogens is 340 g/mol. The summed E-state index contributed by atoms with van der Waals surface area (Å²) >= 11 is 6.35. The van der Waals surface area contributed by atoms with Crippen molar-refractivity contribution >= 4 is 17.6 Å². The molecule has 0 unspecified atom stereocenters. The van der Waals surface area contributed by atoms with Gasteiger partial charge in [-0.25, -0.2) is 4.79 Å². The van der Waals surface area contributed by atoms with Gasteiger partial charge in [0.05, 0.1) is 12.1 Å². The van der Waals surface area contributed by atoms with Crippen LogP contribution in [-0.2, 0) is 13.0 Å². The van der Waals surface area contributed by atoms with E-state index in [4.69, 9.17) is 16.7 Å². The topological polar surface area (TPSA) is 72.2 Å². The number of aromatic nitrogens is 2. The maximum absolute atomic E-state index is 11.8. The number of halogens is 1. The Balaban J connectivity index is 1.80. The lowest BCUT2D eigenvalue weighted by Crippen LogP contribution is -2.18. The van der Waals surface area contributed by atoms with E-state index in [1.165, 1.54) is 12.3 Å². The molecule has 5 nitrogen and oxygen atoms in total. The maximum Gasteiger partial charge on any atom is 0.337 e. The van der Waals surface area contributed by atoms with Gasteiger partial charge < -0.3 is 9.67 Å². The fourth-order valence-electron chi connectivity index (χ4n) is 2.54. The number of hydrogen-bond acceptors (Lipinski definition) is 3. The minimum atomic E-state index is -1.00. The number of nitrogens with zero attached hydrogens (tertiary/aromatic N) is 2. The number of benzene rings is 1. The molecule has 3 rings (SSSR count). The van der Waals surface area contributed by atoms with E-state index in [1.807, 2.05) is 18.2 Å². The number of pyridine rings is 2.